The molecule has 15 heavy (non-hydrogen) atoms. The molecule has 1 aliphatic heterocycles. The molecule has 1 heterocycles. The minimum absolute atomic E-state index is 0.161. The molecule has 2 N–H and O–H groups in total. The summed E-state index contributed by atoms with van der Waals surface area (Å²) in [5.74, 6) is 3.24. The maximum atomic E-state index is 12.8. The van der Waals surface area contributed by atoms with Crippen molar-refractivity contribution in [2.75, 3.05) is 18.1 Å². The smallest absolute Gasteiger partial charge is 0.123 e. The van der Waals surface area contributed by atoms with Crippen molar-refractivity contribution in [3.8, 4) is 0 Å². The van der Waals surface area contributed by atoms with Crippen molar-refractivity contribution >= 4 is 11.8 Å². The quantitative estimate of drug-likeness (QED) is 0.837. The number of benzene rings is 1. The topological polar surface area (TPSA) is 26.0 Å². The monoisotopic (exact) mass is 225 g/mol. The molecule has 0 amide bonds. The zero-order chi connectivity index (χ0) is 10.7. The first-order valence-corrected chi connectivity index (χ1v) is 6.50. The van der Waals surface area contributed by atoms with Crippen molar-refractivity contribution in [2.45, 2.75) is 12.3 Å². The lowest BCUT2D eigenvalue weighted by Crippen LogP contribution is -2.27. The molecule has 0 spiro atoms. The molecule has 1 nitrogen and oxygen atoms in total. The van der Waals surface area contributed by atoms with Crippen LogP contribution in [0.3, 0.4) is 0 Å². The number of thioether (sulfide) groups is 1. The highest BCUT2D eigenvalue weighted by molar-refractivity contribution is 7.99. The van der Waals surface area contributed by atoms with E-state index in [0.29, 0.717) is 11.8 Å². The summed E-state index contributed by atoms with van der Waals surface area (Å²) in [6, 6.07) is 6.88. The first-order chi connectivity index (χ1) is 7.31. The van der Waals surface area contributed by atoms with Crippen molar-refractivity contribution in [3.63, 3.8) is 0 Å². The first kappa shape index (κ1) is 11.0. The zero-order valence-corrected chi connectivity index (χ0v) is 9.47. The van der Waals surface area contributed by atoms with Gasteiger partial charge in [0.2, 0.25) is 0 Å². The number of nitrogens with two attached hydrogens (primary N) is 1. The van der Waals surface area contributed by atoms with Gasteiger partial charge in [0.15, 0.2) is 0 Å². The van der Waals surface area contributed by atoms with Crippen LogP contribution in [-0.4, -0.2) is 18.1 Å². The molecule has 1 aromatic carbocycles. The van der Waals surface area contributed by atoms with E-state index in [9.17, 15) is 4.39 Å². The van der Waals surface area contributed by atoms with Crippen LogP contribution in [0.5, 0.6) is 0 Å². The van der Waals surface area contributed by atoms with Gasteiger partial charge in [-0.15, -0.1) is 0 Å². The summed E-state index contributed by atoms with van der Waals surface area (Å²) in [5.41, 5.74) is 7.01. The fraction of sp³-hybridized carbons (Fsp3) is 0.500. The predicted molar refractivity (Wildman–Crippen MR) is 63.6 cm³/mol. The van der Waals surface area contributed by atoms with Gasteiger partial charge in [-0.1, -0.05) is 12.1 Å². The largest absolute Gasteiger partial charge is 0.330 e. The zero-order valence-electron chi connectivity index (χ0n) is 8.66. The molecule has 0 saturated carbocycles. The fourth-order valence-corrected chi connectivity index (χ4v) is 3.50. The van der Waals surface area contributed by atoms with Crippen LogP contribution in [-0.2, 0) is 0 Å². The molecule has 1 saturated heterocycles. The lowest BCUT2D eigenvalue weighted by molar-refractivity contribution is 0.440. The van der Waals surface area contributed by atoms with Crippen LogP contribution in [0.4, 0.5) is 4.39 Å². The number of halogens is 1. The first-order valence-electron chi connectivity index (χ1n) is 5.34. The Labute approximate surface area is 94.2 Å². The van der Waals surface area contributed by atoms with Gasteiger partial charge in [0.1, 0.15) is 5.82 Å². The second kappa shape index (κ2) is 4.99. The minimum Gasteiger partial charge on any atom is -0.330 e. The summed E-state index contributed by atoms with van der Waals surface area (Å²) < 4.78 is 12.8. The molecule has 0 radical (unpaired) electrons. The van der Waals surface area contributed by atoms with Gasteiger partial charge >= 0.3 is 0 Å². The number of rotatable bonds is 2. The van der Waals surface area contributed by atoms with Crippen LogP contribution in [0.1, 0.15) is 17.9 Å². The third-order valence-electron chi connectivity index (χ3n) is 3.10. The average molecular weight is 225 g/mol. The lowest BCUT2D eigenvalue weighted by atomic mass is 9.85. The van der Waals surface area contributed by atoms with E-state index >= 15 is 0 Å². The van der Waals surface area contributed by atoms with E-state index < -0.39 is 0 Å². The third kappa shape index (κ3) is 2.52. The molecule has 1 aliphatic rings. The van der Waals surface area contributed by atoms with Crippen LogP contribution >= 0.6 is 11.8 Å². The van der Waals surface area contributed by atoms with E-state index in [1.165, 1.54) is 17.7 Å². The van der Waals surface area contributed by atoms with Gasteiger partial charge in [0.05, 0.1) is 0 Å². The minimum atomic E-state index is -0.161. The molecular weight excluding hydrogens is 209 g/mol. The number of hydrogen-bond donors (Lipinski definition) is 1. The number of hydrogen-bond acceptors (Lipinski definition) is 2. The fourth-order valence-electron chi connectivity index (χ4n) is 2.14. The Balaban J connectivity index is 2.16. The van der Waals surface area contributed by atoms with Gasteiger partial charge in [0.25, 0.3) is 0 Å². The molecule has 2 rings (SSSR count). The van der Waals surface area contributed by atoms with Gasteiger partial charge in [-0.05, 0) is 48.3 Å². The molecule has 0 bridgehead atoms. The van der Waals surface area contributed by atoms with Crippen molar-refractivity contribution in [3.05, 3.63) is 35.6 Å². The molecule has 2 atom stereocenters. The Bertz CT molecular complexity index is 312. The summed E-state index contributed by atoms with van der Waals surface area (Å²) in [4.78, 5) is 0. The summed E-state index contributed by atoms with van der Waals surface area (Å²) in [6.07, 6.45) is 1.18. The Morgan fingerprint density at radius 3 is 2.73 bits per heavy atom. The summed E-state index contributed by atoms with van der Waals surface area (Å²) in [6.45, 7) is 0.739. The van der Waals surface area contributed by atoms with Gasteiger partial charge in [0, 0.05) is 5.75 Å². The van der Waals surface area contributed by atoms with Crippen molar-refractivity contribution in [1.82, 2.24) is 0 Å². The highest BCUT2D eigenvalue weighted by Crippen LogP contribution is 2.35. The highest BCUT2D eigenvalue weighted by atomic mass is 32.2. The van der Waals surface area contributed by atoms with Crippen LogP contribution in [0.15, 0.2) is 24.3 Å². The van der Waals surface area contributed by atoms with Gasteiger partial charge < -0.3 is 5.73 Å². The SMILES string of the molecule is NCC1CCSCC1c1ccc(F)cc1. The molecule has 2 unspecified atom stereocenters. The summed E-state index contributed by atoms with van der Waals surface area (Å²) in [7, 11) is 0. The van der Waals surface area contributed by atoms with Gasteiger partial charge in [-0.3, -0.25) is 0 Å². The van der Waals surface area contributed by atoms with E-state index in [1.54, 1.807) is 12.1 Å². The molecule has 1 fully saturated rings. The second-order valence-electron chi connectivity index (χ2n) is 4.02. The lowest BCUT2D eigenvalue weighted by Gasteiger charge is -2.30. The van der Waals surface area contributed by atoms with Crippen LogP contribution in [0.2, 0.25) is 0 Å². The Hall–Kier alpha value is -0.540. The molecule has 1 aromatic rings. The van der Waals surface area contributed by atoms with E-state index in [1.807, 2.05) is 23.9 Å². The van der Waals surface area contributed by atoms with Gasteiger partial charge in [-0.2, -0.15) is 11.8 Å². The standard InChI is InChI=1S/C12H16FNS/c13-11-3-1-9(2-4-11)12-8-15-6-5-10(12)7-14/h1-4,10,12H,5-8,14H2. The maximum absolute atomic E-state index is 12.8. The van der Waals surface area contributed by atoms with E-state index in [0.717, 1.165) is 12.3 Å². The van der Waals surface area contributed by atoms with Crippen molar-refractivity contribution < 1.29 is 4.39 Å². The molecule has 82 valence electrons. The third-order valence-corrected chi connectivity index (χ3v) is 4.22. The molecule has 3 heteroatoms. The van der Waals surface area contributed by atoms with E-state index in [-0.39, 0.29) is 5.82 Å². The van der Waals surface area contributed by atoms with E-state index in [4.69, 9.17) is 5.73 Å². The van der Waals surface area contributed by atoms with Crippen molar-refractivity contribution in [1.29, 1.82) is 0 Å². The summed E-state index contributed by atoms with van der Waals surface area (Å²) >= 11 is 1.97. The van der Waals surface area contributed by atoms with Crippen LogP contribution in [0, 0.1) is 11.7 Å². The van der Waals surface area contributed by atoms with Crippen molar-refractivity contribution in [2.24, 2.45) is 11.7 Å². The Kier molecular flexibility index (Phi) is 3.65. The normalized spacial score (nSPS) is 26.5. The Morgan fingerprint density at radius 2 is 2.07 bits per heavy atom. The van der Waals surface area contributed by atoms with Crippen LogP contribution in [0.25, 0.3) is 0 Å². The highest BCUT2D eigenvalue weighted by Gasteiger charge is 2.25. The summed E-state index contributed by atoms with van der Waals surface area (Å²) in [5, 5.41) is 0. The van der Waals surface area contributed by atoms with Crippen LogP contribution < -0.4 is 5.73 Å². The maximum Gasteiger partial charge on any atom is 0.123 e. The Morgan fingerprint density at radius 1 is 1.33 bits per heavy atom. The molecule has 0 aromatic heterocycles. The average Bonchev–Trinajstić information content (AvgIpc) is 2.30. The second-order valence-corrected chi connectivity index (χ2v) is 5.17. The molecular formula is C12H16FNS. The molecule has 0 aliphatic carbocycles. The van der Waals surface area contributed by atoms with E-state index in [2.05, 4.69) is 0 Å². The predicted octanol–water partition coefficient (Wildman–Crippen LogP) is 2.62. The van der Waals surface area contributed by atoms with Gasteiger partial charge in [-0.25, -0.2) is 4.39 Å².